The molecule has 170 valence electrons. The first-order valence-corrected chi connectivity index (χ1v) is 10.7. The average molecular weight is 541 g/mol. The predicted octanol–water partition coefficient (Wildman–Crippen LogP) is 2.44. The summed E-state index contributed by atoms with van der Waals surface area (Å²) >= 11 is 0. The second kappa shape index (κ2) is 11.6. The van der Waals surface area contributed by atoms with Gasteiger partial charge in [0.1, 0.15) is 18.5 Å². The van der Waals surface area contributed by atoms with E-state index in [0.717, 1.165) is 61.3 Å². The Labute approximate surface area is 200 Å². The summed E-state index contributed by atoms with van der Waals surface area (Å²) < 4.78 is 13.3. The Hall–Kier alpha value is -1.95. The van der Waals surface area contributed by atoms with Crippen molar-refractivity contribution in [2.75, 3.05) is 14.2 Å². The number of fused-ring (bicyclic) bond motifs is 1. The molecule has 1 aliphatic heterocycles. The van der Waals surface area contributed by atoms with E-state index in [4.69, 9.17) is 9.47 Å². The summed E-state index contributed by atoms with van der Waals surface area (Å²) in [6.07, 6.45) is 8.65. The molecule has 1 atom stereocenters. The first kappa shape index (κ1) is 23.7. The molecular formula is C21H32IN7O2. The van der Waals surface area contributed by atoms with E-state index in [1.54, 1.807) is 20.4 Å². The molecule has 9 nitrogen and oxygen atoms in total. The number of pyridine rings is 1. The monoisotopic (exact) mass is 541 g/mol. The van der Waals surface area contributed by atoms with Gasteiger partial charge in [-0.1, -0.05) is 6.07 Å². The van der Waals surface area contributed by atoms with E-state index in [1.807, 2.05) is 10.7 Å². The summed E-state index contributed by atoms with van der Waals surface area (Å²) in [6.45, 7) is 1.81. The molecule has 1 unspecified atom stereocenters. The van der Waals surface area contributed by atoms with Crippen LogP contribution in [-0.4, -0.2) is 52.0 Å². The van der Waals surface area contributed by atoms with Crippen LogP contribution < -0.4 is 15.4 Å². The number of guanidine groups is 1. The number of nitrogens with zero attached hydrogens (tertiary/aromatic N) is 5. The Kier molecular flexibility index (Phi) is 8.88. The Bertz CT molecular complexity index is 867. The van der Waals surface area contributed by atoms with E-state index in [9.17, 15) is 0 Å². The number of aliphatic imine (C=N–C) groups is 1. The first-order valence-electron chi connectivity index (χ1n) is 10.7. The molecule has 2 N–H and O–H groups in total. The van der Waals surface area contributed by atoms with Gasteiger partial charge in [-0.3, -0.25) is 4.99 Å². The Morgan fingerprint density at radius 2 is 2.13 bits per heavy atom. The Balaban J connectivity index is 0.00000272. The number of rotatable bonds is 7. The van der Waals surface area contributed by atoms with Gasteiger partial charge in [0.25, 0.3) is 0 Å². The molecule has 0 spiro atoms. The van der Waals surface area contributed by atoms with Gasteiger partial charge in [-0.15, -0.1) is 24.0 Å². The predicted molar refractivity (Wildman–Crippen MR) is 129 cm³/mol. The first-order chi connectivity index (χ1) is 14.7. The van der Waals surface area contributed by atoms with Gasteiger partial charge in [0.05, 0.1) is 6.54 Å². The van der Waals surface area contributed by atoms with Gasteiger partial charge in [-0.2, -0.15) is 5.10 Å². The van der Waals surface area contributed by atoms with Gasteiger partial charge in [0, 0.05) is 44.9 Å². The van der Waals surface area contributed by atoms with Crippen molar-refractivity contribution in [3.05, 3.63) is 35.5 Å². The van der Waals surface area contributed by atoms with Gasteiger partial charge in [-0.25, -0.2) is 14.6 Å². The number of aryl methyl sites for hydroxylation is 1. The molecule has 2 aromatic rings. The third-order valence-electron chi connectivity index (χ3n) is 5.62. The molecule has 31 heavy (non-hydrogen) atoms. The summed E-state index contributed by atoms with van der Waals surface area (Å²) in [5.41, 5.74) is 1.04. The number of halogens is 1. The van der Waals surface area contributed by atoms with Gasteiger partial charge >= 0.3 is 0 Å². The summed E-state index contributed by atoms with van der Waals surface area (Å²) in [5, 5.41) is 11.4. The maximum atomic E-state index is 6.14. The third kappa shape index (κ3) is 6.28. The van der Waals surface area contributed by atoms with Crippen molar-refractivity contribution in [2.24, 2.45) is 4.99 Å². The van der Waals surface area contributed by atoms with Crippen LogP contribution in [0.1, 0.15) is 49.3 Å². The van der Waals surface area contributed by atoms with E-state index in [2.05, 4.69) is 36.8 Å². The molecule has 1 saturated carbocycles. The van der Waals surface area contributed by atoms with Gasteiger partial charge in [0.15, 0.2) is 11.8 Å². The molecule has 1 aliphatic carbocycles. The van der Waals surface area contributed by atoms with E-state index in [0.29, 0.717) is 19.3 Å². The highest BCUT2D eigenvalue weighted by Gasteiger charge is 2.23. The quantitative estimate of drug-likeness (QED) is 0.316. The SMILES string of the molecule is CN=C(NCc1cccnc1OC1CCCC1)NC1CCc2nc(COC)nn2C1.I. The number of nitrogens with one attached hydrogen (secondary N) is 2. The number of ether oxygens (including phenoxy) is 2. The van der Waals surface area contributed by atoms with Crippen molar-refractivity contribution in [3.63, 3.8) is 0 Å². The molecule has 0 radical (unpaired) electrons. The fourth-order valence-electron chi connectivity index (χ4n) is 4.06. The Morgan fingerprint density at radius 3 is 2.90 bits per heavy atom. The molecule has 2 aliphatic rings. The van der Waals surface area contributed by atoms with Crippen LogP contribution in [-0.2, 0) is 30.9 Å². The van der Waals surface area contributed by atoms with Crippen LogP contribution >= 0.6 is 24.0 Å². The minimum absolute atomic E-state index is 0. The van der Waals surface area contributed by atoms with Gasteiger partial charge in [0.2, 0.25) is 5.88 Å². The maximum Gasteiger partial charge on any atom is 0.218 e. The van der Waals surface area contributed by atoms with Gasteiger partial charge in [-0.05, 0) is 38.2 Å². The molecule has 0 amide bonds. The van der Waals surface area contributed by atoms with E-state index in [1.165, 1.54) is 12.8 Å². The van der Waals surface area contributed by atoms with Crippen LogP contribution in [0.15, 0.2) is 23.3 Å². The number of methoxy groups -OCH3 is 1. The largest absolute Gasteiger partial charge is 0.474 e. The zero-order chi connectivity index (χ0) is 20.8. The minimum Gasteiger partial charge on any atom is -0.474 e. The van der Waals surface area contributed by atoms with Crippen LogP contribution in [0.5, 0.6) is 5.88 Å². The summed E-state index contributed by atoms with van der Waals surface area (Å²) in [7, 11) is 3.45. The standard InChI is InChI=1S/C21H31N7O2.HI/c1-22-21(25-16-9-10-19-26-18(14-29-2)27-28(19)13-16)24-12-15-6-5-11-23-20(15)30-17-7-3-4-8-17;/h5-6,11,16-17H,3-4,7-10,12-14H2,1-2H3,(H2,22,24,25);1H. The van der Waals surface area contributed by atoms with Crippen LogP contribution in [0.25, 0.3) is 0 Å². The van der Waals surface area contributed by atoms with Crippen molar-refractivity contribution in [2.45, 2.75) is 70.4 Å². The van der Waals surface area contributed by atoms with Crippen LogP contribution in [0.2, 0.25) is 0 Å². The van der Waals surface area contributed by atoms with Crippen LogP contribution in [0, 0.1) is 0 Å². The molecule has 0 aromatic carbocycles. The normalized spacial score (nSPS) is 18.9. The fourth-order valence-corrected chi connectivity index (χ4v) is 4.06. The lowest BCUT2D eigenvalue weighted by Gasteiger charge is -2.25. The molecule has 3 heterocycles. The molecule has 2 aromatic heterocycles. The summed E-state index contributed by atoms with van der Waals surface area (Å²) in [6, 6.07) is 4.24. The number of aromatic nitrogens is 4. The second-order valence-electron chi connectivity index (χ2n) is 7.86. The van der Waals surface area contributed by atoms with Gasteiger partial charge < -0.3 is 20.1 Å². The highest BCUT2D eigenvalue weighted by Crippen LogP contribution is 2.25. The molecule has 4 rings (SSSR count). The highest BCUT2D eigenvalue weighted by molar-refractivity contribution is 14.0. The van der Waals surface area contributed by atoms with E-state index < -0.39 is 0 Å². The topological polar surface area (TPSA) is 98.5 Å². The zero-order valence-corrected chi connectivity index (χ0v) is 20.5. The molecule has 0 saturated heterocycles. The second-order valence-corrected chi connectivity index (χ2v) is 7.86. The van der Waals surface area contributed by atoms with Crippen molar-refractivity contribution in [3.8, 4) is 5.88 Å². The van der Waals surface area contributed by atoms with E-state index in [-0.39, 0.29) is 30.0 Å². The van der Waals surface area contributed by atoms with Crippen molar-refractivity contribution >= 4 is 29.9 Å². The lowest BCUT2D eigenvalue weighted by atomic mass is 10.1. The Morgan fingerprint density at radius 1 is 1.29 bits per heavy atom. The summed E-state index contributed by atoms with van der Waals surface area (Å²) in [5.74, 6) is 3.24. The molecule has 10 heteroatoms. The third-order valence-corrected chi connectivity index (χ3v) is 5.62. The lowest BCUT2D eigenvalue weighted by molar-refractivity contribution is 0.177. The smallest absolute Gasteiger partial charge is 0.218 e. The molecule has 1 fully saturated rings. The highest BCUT2D eigenvalue weighted by atomic mass is 127. The maximum absolute atomic E-state index is 6.14. The zero-order valence-electron chi connectivity index (χ0n) is 18.2. The lowest BCUT2D eigenvalue weighted by Crippen LogP contribution is -2.46. The molecular weight excluding hydrogens is 509 g/mol. The fraction of sp³-hybridized carbons (Fsp3) is 0.619. The summed E-state index contributed by atoms with van der Waals surface area (Å²) in [4.78, 5) is 13.4. The van der Waals surface area contributed by atoms with Crippen LogP contribution in [0.4, 0.5) is 0 Å². The van der Waals surface area contributed by atoms with E-state index >= 15 is 0 Å². The average Bonchev–Trinajstić information content (AvgIpc) is 3.41. The van der Waals surface area contributed by atoms with Crippen molar-refractivity contribution < 1.29 is 9.47 Å². The van der Waals surface area contributed by atoms with Crippen molar-refractivity contribution in [1.29, 1.82) is 0 Å². The van der Waals surface area contributed by atoms with Crippen LogP contribution in [0.3, 0.4) is 0 Å². The number of hydrogen-bond acceptors (Lipinski definition) is 6. The number of hydrogen-bond donors (Lipinski definition) is 2. The van der Waals surface area contributed by atoms with Crippen molar-refractivity contribution in [1.82, 2.24) is 30.4 Å². The minimum atomic E-state index is 0. The molecule has 0 bridgehead atoms.